The smallest absolute Gasteiger partial charge is 0.159 e. The van der Waals surface area contributed by atoms with Gasteiger partial charge in [-0.2, -0.15) is 0 Å². The first-order valence-corrected chi connectivity index (χ1v) is 7.87. The van der Waals surface area contributed by atoms with Crippen molar-refractivity contribution in [2.75, 3.05) is 0 Å². The van der Waals surface area contributed by atoms with Gasteiger partial charge in [0.15, 0.2) is 23.3 Å². The fourth-order valence-corrected chi connectivity index (χ4v) is 2.91. The van der Waals surface area contributed by atoms with Crippen LogP contribution < -0.4 is 0 Å². The van der Waals surface area contributed by atoms with Gasteiger partial charge in [-0.3, -0.25) is 0 Å². The molecule has 0 N–H and O–H groups in total. The number of nitrogens with zero attached hydrogens (tertiary/aromatic N) is 2. The molecule has 0 fully saturated rings. The maximum absolute atomic E-state index is 13.7. The highest BCUT2D eigenvalue weighted by atomic mass is 19.2. The highest BCUT2D eigenvalue weighted by Gasteiger charge is 2.15. The van der Waals surface area contributed by atoms with Gasteiger partial charge in [0.2, 0.25) is 0 Å². The van der Waals surface area contributed by atoms with Crippen molar-refractivity contribution in [3.05, 3.63) is 89.5 Å². The molecule has 130 valence electrons. The zero-order chi connectivity index (χ0) is 18.3. The number of aromatic nitrogens is 2. The van der Waals surface area contributed by atoms with Crippen LogP contribution in [0.2, 0.25) is 0 Å². The quantitative estimate of drug-likeness (QED) is 0.455. The van der Waals surface area contributed by atoms with Gasteiger partial charge in [-0.15, -0.1) is 0 Å². The molecular weight excluding hydrogens is 344 g/mol. The summed E-state index contributed by atoms with van der Waals surface area (Å²) in [6.45, 7) is 0.200. The zero-order valence-corrected chi connectivity index (χ0v) is 13.4. The summed E-state index contributed by atoms with van der Waals surface area (Å²) in [5.74, 6) is -3.38. The molecule has 4 aromatic rings. The van der Waals surface area contributed by atoms with Crippen LogP contribution in [0, 0.1) is 23.3 Å². The van der Waals surface area contributed by atoms with Crippen molar-refractivity contribution < 1.29 is 17.6 Å². The van der Waals surface area contributed by atoms with Crippen molar-refractivity contribution in [3.63, 3.8) is 0 Å². The molecule has 0 atom stereocenters. The van der Waals surface area contributed by atoms with E-state index in [-0.39, 0.29) is 6.54 Å². The molecule has 0 saturated carbocycles. The van der Waals surface area contributed by atoms with E-state index in [2.05, 4.69) is 4.98 Å². The van der Waals surface area contributed by atoms with Gasteiger partial charge in [0.25, 0.3) is 0 Å². The van der Waals surface area contributed by atoms with E-state index in [4.69, 9.17) is 0 Å². The highest BCUT2D eigenvalue weighted by molar-refractivity contribution is 5.80. The third-order valence-electron chi connectivity index (χ3n) is 4.16. The van der Waals surface area contributed by atoms with Crippen LogP contribution in [0.25, 0.3) is 22.4 Å². The molecule has 0 saturated heterocycles. The molecular formula is C20H12F4N2. The van der Waals surface area contributed by atoms with Crippen LogP contribution in [0.15, 0.2) is 60.7 Å². The van der Waals surface area contributed by atoms with E-state index in [9.17, 15) is 17.6 Å². The fraction of sp³-hybridized carbons (Fsp3) is 0.0500. The largest absolute Gasteiger partial charge is 0.319 e. The number of para-hydroxylation sites is 2. The molecule has 0 amide bonds. The molecule has 0 aliphatic heterocycles. The summed E-state index contributed by atoms with van der Waals surface area (Å²) in [7, 11) is 0. The fourth-order valence-electron chi connectivity index (χ4n) is 2.91. The second-order valence-electron chi connectivity index (χ2n) is 5.89. The van der Waals surface area contributed by atoms with Crippen molar-refractivity contribution in [1.82, 2.24) is 9.55 Å². The summed E-state index contributed by atoms with van der Waals surface area (Å²) in [5, 5.41) is 0. The van der Waals surface area contributed by atoms with Gasteiger partial charge in [-0.05, 0) is 48.0 Å². The summed E-state index contributed by atoms with van der Waals surface area (Å²) in [6.07, 6.45) is 0. The Kier molecular flexibility index (Phi) is 3.95. The van der Waals surface area contributed by atoms with Crippen LogP contribution in [-0.2, 0) is 6.54 Å². The summed E-state index contributed by atoms with van der Waals surface area (Å²) < 4.78 is 55.4. The molecule has 0 radical (unpaired) electrons. The van der Waals surface area contributed by atoms with Gasteiger partial charge >= 0.3 is 0 Å². The van der Waals surface area contributed by atoms with Crippen LogP contribution in [0.3, 0.4) is 0 Å². The van der Waals surface area contributed by atoms with Crippen molar-refractivity contribution in [2.24, 2.45) is 0 Å². The SMILES string of the molecule is Fc1ccc(Cn2c(-c3ccc(F)c(F)c3)nc3ccccc32)cc1F. The summed E-state index contributed by atoms with van der Waals surface area (Å²) in [4.78, 5) is 4.50. The van der Waals surface area contributed by atoms with Crippen molar-refractivity contribution in [2.45, 2.75) is 6.54 Å². The first kappa shape index (κ1) is 16.3. The van der Waals surface area contributed by atoms with Crippen molar-refractivity contribution in [1.29, 1.82) is 0 Å². The van der Waals surface area contributed by atoms with Crippen LogP contribution >= 0.6 is 0 Å². The van der Waals surface area contributed by atoms with Crippen molar-refractivity contribution >= 4 is 11.0 Å². The number of halogens is 4. The maximum atomic E-state index is 13.7. The second kappa shape index (κ2) is 6.29. The van der Waals surface area contributed by atoms with Gasteiger partial charge in [0.05, 0.1) is 11.0 Å². The van der Waals surface area contributed by atoms with Crippen molar-refractivity contribution in [3.8, 4) is 11.4 Å². The molecule has 0 bridgehead atoms. The molecule has 3 aromatic carbocycles. The number of hydrogen-bond donors (Lipinski definition) is 0. The number of fused-ring (bicyclic) bond motifs is 1. The second-order valence-corrected chi connectivity index (χ2v) is 5.89. The number of benzene rings is 3. The Morgan fingerprint density at radius 3 is 2.15 bits per heavy atom. The third-order valence-corrected chi connectivity index (χ3v) is 4.16. The number of imidazole rings is 1. The Bertz CT molecular complexity index is 1120. The van der Waals surface area contributed by atoms with E-state index in [0.29, 0.717) is 22.5 Å². The van der Waals surface area contributed by atoms with E-state index in [1.807, 2.05) is 18.2 Å². The lowest BCUT2D eigenvalue weighted by molar-refractivity contribution is 0.506. The lowest BCUT2D eigenvalue weighted by Gasteiger charge is -2.10. The standard InChI is InChI=1S/C20H12F4N2/c21-14-7-5-12(9-16(14)23)11-26-19-4-2-1-3-18(19)25-20(26)13-6-8-15(22)17(24)10-13/h1-10H,11H2. The molecule has 0 aliphatic rings. The minimum absolute atomic E-state index is 0.200. The first-order valence-electron chi connectivity index (χ1n) is 7.87. The third kappa shape index (κ3) is 2.83. The Balaban J connectivity index is 1.88. The Hall–Kier alpha value is -3.15. The Morgan fingerprint density at radius 1 is 0.731 bits per heavy atom. The minimum Gasteiger partial charge on any atom is -0.319 e. The topological polar surface area (TPSA) is 17.8 Å². The summed E-state index contributed by atoms with van der Waals surface area (Å²) in [6, 6.07) is 14.4. The van der Waals surface area contributed by atoms with E-state index in [1.54, 1.807) is 10.6 Å². The molecule has 0 aliphatic carbocycles. The van der Waals surface area contributed by atoms with Gasteiger partial charge < -0.3 is 4.57 Å². The molecule has 26 heavy (non-hydrogen) atoms. The van der Waals surface area contributed by atoms with E-state index in [0.717, 1.165) is 29.8 Å². The lowest BCUT2D eigenvalue weighted by Crippen LogP contribution is -2.03. The lowest BCUT2D eigenvalue weighted by atomic mass is 10.1. The van der Waals surface area contributed by atoms with Crippen LogP contribution in [0.4, 0.5) is 17.6 Å². The summed E-state index contributed by atoms with van der Waals surface area (Å²) >= 11 is 0. The molecule has 0 spiro atoms. The maximum Gasteiger partial charge on any atom is 0.159 e. The van der Waals surface area contributed by atoms with Crippen LogP contribution in [-0.4, -0.2) is 9.55 Å². The Labute approximate surface area is 146 Å². The number of rotatable bonds is 3. The Morgan fingerprint density at radius 2 is 1.42 bits per heavy atom. The molecule has 6 heteroatoms. The zero-order valence-electron chi connectivity index (χ0n) is 13.4. The predicted octanol–water partition coefficient (Wildman–Crippen LogP) is 5.31. The van der Waals surface area contributed by atoms with E-state index < -0.39 is 23.3 Å². The monoisotopic (exact) mass is 356 g/mol. The minimum atomic E-state index is -0.978. The summed E-state index contributed by atoms with van der Waals surface area (Å²) in [5.41, 5.74) is 2.32. The van der Waals surface area contributed by atoms with E-state index >= 15 is 0 Å². The van der Waals surface area contributed by atoms with Crippen LogP contribution in [0.1, 0.15) is 5.56 Å². The first-order chi connectivity index (χ1) is 12.5. The normalized spacial score (nSPS) is 11.2. The van der Waals surface area contributed by atoms with Gasteiger partial charge in [0.1, 0.15) is 5.82 Å². The van der Waals surface area contributed by atoms with Gasteiger partial charge in [0, 0.05) is 12.1 Å². The highest BCUT2D eigenvalue weighted by Crippen LogP contribution is 2.27. The average Bonchev–Trinajstić information content (AvgIpc) is 2.99. The number of hydrogen-bond acceptors (Lipinski definition) is 1. The molecule has 4 rings (SSSR count). The van der Waals surface area contributed by atoms with Gasteiger partial charge in [-0.25, -0.2) is 22.5 Å². The molecule has 0 unspecified atom stereocenters. The van der Waals surface area contributed by atoms with Gasteiger partial charge in [-0.1, -0.05) is 18.2 Å². The molecule has 1 heterocycles. The molecule has 1 aromatic heterocycles. The average molecular weight is 356 g/mol. The van der Waals surface area contributed by atoms with Crippen LogP contribution in [0.5, 0.6) is 0 Å². The molecule has 2 nitrogen and oxygen atoms in total. The van der Waals surface area contributed by atoms with E-state index in [1.165, 1.54) is 12.1 Å². The predicted molar refractivity (Wildman–Crippen MR) is 90.5 cm³/mol.